The molecule has 224 valence electrons. The number of alkyl halides is 6. The third-order valence-electron chi connectivity index (χ3n) is 6.03. The number of carbonyl (C=O) groups is 2. The Kier molecular flexibility index (Phi) is 10.0. The van der Waals surface area contributed by atoms with E-state index in [1.807, 2.05) is 0 Å². The highest BCUT2D eigenvalue weighted by molar-refractivity contribution is 8.00. The Morgan fingerprint density at radius 1 is 0.581 bits per heavy atom. The Hall–Kier alpha value is -4.04. The smallest absolute Gasteiger partial charge is 0.325 e. The van der Waals surface area contributed by atoms with E-state index in [2.05, 4.69) is 20.6 Å². The number of hydrogen-bond acceptors (Lipinski definition) is 6. The van der Waals surface area contributed by atoms with Crippen LogP contribution in [0.4, 0.5) is 37.7 Å². The van der Waals surface area contributed by atoms with Crippen LogP contribution in [0.2, 0.25) is 0 Å². The highest BCUT2D eigenvalue weighted by atomic mass is 32.2. The summed E-state index contributed by atoms with van der Waals surface area (Å²) < 4.78 is 87.1. The van der Waals surface area contributed by atoms with Crippen LogP contribution in [-0.4, -0.2) is 45.6 Å². The molecule has 0 atom stereocenters. The molecule has 6 nitrogen and oxygen atoms in total. The van der Waals surface area contributed by atoms with Gasteiger partial charge in [0.15, 0.2) is 0 Å². The van der Waals surface area contributed by atoms with Gasteiger partial charge >= 0.3 is 12.4 Å². The molecule has 0 radical (unpaired) electrons. The normalized spacial score (nSPS) is 12.0. The molecule has 0 aliphatic rings. The molecule has 0 fully saturated rings. The summed E-state index contributed by atoms with van der Waals surface area (Å²) in [7, 11) is 0. The van der Waals surface area contributed by atoms with Gasteiger partial charge in [0.05, 0.1) is 21.6 Å². The fraction of sp³-hybridized carbons (Fsp3) is 0.172. The zero-order valence-corrected chi connectivity index (χ0v) is 23.6. The van der Waals surface area contributed by atoms with Gasteiger partial charge in [-0.1, -0.05) is 59.9 Å². The molecule has 43 heavy (non-hydrogen) atoms. The van der Waals surface area contributed by atoms with Crippen LogP contribution in [0.15, 0.2) is 107 Å². The molecule has 4 rings (SSSR count). The number of nitrogens with zero attached hydrogens (tertiary/aromatic N) is 2. The molecule has 0 saturated carbocycles. The fourth-order valence-corrected chi connectivity index (χ4v) is 5.45. The summed E-state index contributed by atoms with van der Waals surface area (Å²) >= 11 is 2.23. The highest BCUT2D eigenvalue weighted by Crippen LogP contribution is 2.56. The molecule has 0 aliphatic heterocycles. The summed E-state index contributed by atoms with van der Waals surface area (Å²) in [4.78, 5) is 32.7. The minimum Gasteiger partial charge on any atom is -0.325 e. The molecule has 2 amide bonds. The highest BCUT2D eigenvalue weighted by Gasteiger charge is 2.72. The summed E-state index contributed by atoms with van der Waals surface area (Å²) in [6, 6.07) is 16.9. The maximum atomic E-state index is 14.5. The van der Waals surface area contributed by atoms with Gasteiger partial charge in [0.25, 0.3) is 0 Å². The first kappa shape index (κ1) is 31.9. The first-order valence-electron chi connectivity index (χ1n) is 12.4. The van der Waals surface area contributed by atoms with Gasteiger partial charge in [-0.25, -0.2) is 9.97 Å². The number of aromatic nitrogens is 2. The van der Waals surface area contributed by atoms with E-state index in [9.17, 15) is 35.9 Å². The lowest BCUT2D eigenvalue weighted by Crippen LogP contribution is -2.54. The average Bonchev–Trinajstić information content (AvgIpc) is 2.97. The lowest BCUT2D eigenvalue weighted by Gasteiger charge is -2.38. The number of rotatable bonds is 10. The van der Waals surface area contributed by atoms with Gasteiger partial charge in [-0.2, -0.15) is 26.3 Å². The summed E-state index contributed by atoms with van der Waals surface area (Å²) in [5.74, 6) is -1.17. The van der Waals surface area contributed by atoms with Crippen LogP contribution >= 0.6 is 23.5 Å². The molecule has 2 aromatic carbocycles. The molecule has 2 heterocycles. The minimum absolute atomic E-state index is 0.0234. The standard InChI is InChI=1S/C29H22F6N4O2S2/c30-28(31,32)27(29(33,34)35,19-7-11-21(12-8-19)38-23(40)17-42-25-5-1-3-15-36-25)20-9-13-22(14-10-20)39-24(41)18-43-26-6-2-4-16-37-26/h1-16H,17-18H2,(H,38,40)(H,39,41). The van der Waals surface area contributed by atoms with Crippen LogP contribution in [0.1, 0.15) is 11.1 Å². The lowest BCUT2D eigenvalue weighted by molar-refractivity contribution is -0.288. The van der Waals surface area contributed by atoms with Gasteiger partial charge in [0.2, 0.25) is 17.2 Å². The minimum atomic E-state index is -5.79. The van der Waals surface area contributed by atoms with E-state index >= 15 is 0 Å². The number of nitrogens with one attached hydrogen (secondary N) is 2. The number of hydrogen-bond donors (Lipinski definition) is 2. The number of anilines is 2. The summed E-state index contributed by atoms with van der Waals surface area (Å²) in [6.07, 6.45) is -8.50. The third-order valence-corrected chi connectivity index (χ3v) is 7.92. The van der Waals surface area contributed by atoms with Crippen LogP contribution in [0.25, 0.3) is 0 Å². The van der Waals surface area contributed by atoms with Crippen molar-refractivity contribution in [2.45, 2.75) is 27.8 Å². The zero-order valence-electron chi connectivity index (χ0n) is 21.9. The second kappa shape index (κ2) is 13.5. The van der Waals surface area contributed by atoms with Gasteiger partial charge in [-0.05, 0) is 59.7 Å². The van der Waals surface area contributed by atoms with Crippen molar-refractivity contribution >= 4 is 46.7 Å². The van der Waals surface area contributed by atoms with Crippen molar-refractivity contribution in [2.75, 3.05) is 22.1 Å². The van der Waals surface area contributed by atoms with Crippen molar-refractivity contribution in [3.8, 4) is 0 Å². The number of halogens is 6. The molecule has 0 unspecified atom stereocenters. The molecule has 0 saturated heterocycles. The molecule has 2 aromatic heterocycles. The largest absolute Gasteiger partial charge is 0.411 e. The van der Waals surface area contributed by atoms with Crippen LogP contribution in [0.3, 0.4) is 0 Å². The predicted molar refractivity (Wildman–Crippen MR) is 153 cm³/mol. The van der Waals surface area contributed by atoms with E-state index < -0.39 is 40.7 Å². The number of carbonyl (C=O) groups excluding carboxylic acids is 2. The monoisotopic (exact) mass is 636 g/mol. The van der Waals surface area contributed by atoms with Crippen LogP contribution < -0.4 is 10.6 Å². The Bertz CT molecular complexity index is 1400. The van der Waals surface area contributed by atoms with Crippen molar-refractivity contribution in [1.82, 2.24) is 9.97 Å². The number of thioether (sulfide) groups is 2. The Morgan fingerprint density at radius 3 is 1.26 bits per heavy atom. The van der Waals surface area contributed by atoms with E-state index in [1.165, 1.54) is 0 Å². The predicted octanol–water partition coefficient (Wildman–Crippen LogP) is 7.35. The van der Waals surface area contributed by atoms with Crippen molar-refractivity contribution in [2.24, 2.45) is 0 Å². The summed E-state index contributed by atoms with van der Waals surface area (Å²) in [5, 5.41) is 6.06. The fourth-order valence-electron chi connectivity index (χ4n) is 4.13. The van der Waals surface area contributed by atoms with E-state index in [0.717, 1.165) is 47.8 Å². The Labute approximate surface area is 250 Å². The molecule has 4 aromatic rings. The van der Waals surface area contributed by atoms with E-state index in [1.54, 1.807) is 48.8 Å². The molecular formula is C29H22F6N4O2S2. The van der Waals surface area contributed by atoms with E-state index in [-0.39, 0.29) is 22.9 Å². The number of pyridine rings is 2. The molecule has 0 spiro atoms. The van der Waals surface area contributed by atoms with Crippen molar-refractivity contribution < 1.29 is 35.9 Å². The number of amides is 2. The van der Waals surface area contributed by atoms with Crippen LogP contribution in [0.5, 0.6) is 0 Å². The van der Waals surface area contributed by atoms with E-state index in [0.29, 0.717) is 34.3 Å². The summed E-state index contributed by atoms with van der Waals surface area (Å²) in [5.41, 5.74) is -6.51. The molecular weight excluding hydrogens is 614 g/mol. The molecule has 2 N–H and O–H groups in total. The summed E-state index contributed by atoms with van der Waals surface area (Å²) in [6.45, 7) is 0. The maximum absolute atomic E-state index is 14.5. The first-order valence-corrected chi connectivity index (χ1v) is 14.4. The van der Waals surface area contributed by atoms with E-state index in [4.69, 9.17) is 0 Å². The first-order chi connectivity index (χ1) is 20.4. The second-order valence-corrected chi connectivity index (χ2v) is 10.9. The SMILES string of the molecule is O=C(CSc1ccccn1)Nc1ccc(C(c2ccc(NC(=O)CSc3ccccn3)cc2)(C(F)(F)F)C(F)(F)F)cc1. The van der Waals surface area contributed by atoms with Gasteiger partial charge in [-0.3, -0.25) is 9.59 Å². The number of benzene rings is 2. The van der Waals surface area contributed by atoms with Gasteiger partial charge in [0.1, 0.15) is 0 Å². The van der Waals surface area contributed by atoms with Crippen molar-refractivity contribution in [3.63, 3.8) is 0 Å². The van der Waals surface area contributed by atoms with Gasteiger partial charge in [-0.15, -0.1) is 0 Å². The topological polar surface area (TPSA) is 84.0 Å². The van der Waals surface area contributed by atoms with Crippen molar-refractivity contribution in [1.29, 1.82) is 0 Å². The Morgan fingerprint density at radius 2 is 0.953 bits per heavy atom. The molecule has 14 heteroatoms. The van der Waals surface area contributed by atoms with Gasteiger partial charge < -0.3 is 10.6 Å². The average molecular weight is 637 g/mol. The van der Waals surface area contributed by atoms with Crippen LogP contribution in [-0.2, 0) is 15.0 Å². The molecule has 0 aliphatic carbocycles. The van der Waals surface area contributed by atoms with Gasteiger partial charge in [0, 0.05) is 23.8 Å². The zero-order chi connectivity index (χ0) is 31.1. The Balaban J connectivity index is 1.53. The van der Waals surface area contributed by atoms with Crippen molar-refractivity contribution in [3.05, 3.63) is 108 Å². The lowest BCUT2D eigenvalue weighted by atomic mass is 9.73. The van der Waals surface area contributed by atoms with Crippen LogP contribution in [0, 0.1) is 0 Å². The maximum Gasteiger partial charge on any atom is 0.411 e. The second-order valence-electron chi connectivity index (χ2n) is 8.91. The molecule has 0 bridgehead atoms. The third kappa shape index (κ3) is 7.68. The quantitative estimate of drug-likeness (QED) is 0.140.